The molecule has 2 aromatic carbocycles. The summed E-state index contributed by atoms with van der Waals surface area (Å²) >= 11 is 0. The van der Waals surface area contributed by atoms with E-state index in [-0.39, 0.29) is 24.6 Å². The van der Waals surface area contributed by atoms with E-state index in [4.69, 9.17) is 5.26 Å². The highest BCUT2D eigenvalue weighted by atomic mass is 19.1. The van der Waals surface area contributed by atoms with E-state index in [0.717, 1.165) is 17.0 Å². The summed E-state index contributed by atoms with van der Waals surface area (Å²) in [5, 5.41) is 11.3. The van der Waals surface area contributed by atoms with Crippen LogP contribution in [0.4, 0.5) is 20.2 Å². The first-order valence-corrected chi connectivity index (χ1v) is 7.44. The zero-order valence-electron chi connectivity index (χ0n) is 13.4. The first-order chi connectivity index (χ1) is 11.9. The summed E-state index contributed by atoms with van der Waals surface area (Å²) in [5.74, 6) is -2.46. The third-order valence-corrected chi connectivity index (χ3v) is 3.44. The van der Waals surface area contributed by atoms with Crippen LogP contribution in [0.3, 0.4) is 0 Å². The van der Waals surface area contributed by atoms with Crippen LogP contribution in [0.25, 0.3) is 0 Å². The Morgan fingerprint density at radius 1 is 1.16 bits per heavy atom. The van der Waals surface area contributed by atoms with Crippen molar-refractivity contribution in [2.24, 2.45) is 0 Å². The van der Waals surface area contributed by atoms with Crippen molar-refractivity contribution >= 4 is 23.2 Å². The number of rotatable bonds is 5. The predicted octanol–water partition coefficient (Wildman–Crippen LogP) is 3.22. The normalized spacial score (nSPS) is 10.0. The van der Waals surface area contributed by atoms with Gasteiger partial charge in [0.05, 0.1) is 17.3 Å². The smallest absolute Gasteiger partial charge is 0.226 e. The van der Waals surface area contributed by atoms with Gasteiger partial charge in [0.2, 0.25) is 11.8 Å². The van der Waals surface area contributed by atoms with E-state index in [9.17, 15) is 18.4 Å². The Balaban J connectivity index is 2.01. The van der Waals surface area contributed by atoms with Crippen LogP contribution in [0.5, 0.6) is 0 Å². The number of halogens is 2. The zero-order valence-corrected chi connectivity index (χ0v) is 13.4. The van der Waals surface area contributed by atoms with Gasteiger partial charge >= 0.3 is 0 Å². The number of hydrogen-bond donors (Lipinski definition) is 1. The van der Waals surface area contributed by atoms with E-state index in [1.165, 1.54) is 6.92 Å². The van der Waals surface area contributed by atoms with Gasteiger partial charge in [0.15, 0.2) is 0 Å². The second-order valence-corrected chi connectivity index (χ2v) is 5.25. The van der Waals surface area contributed by atoms with E-state index >= 15 is 0 Å². The molecule has 1 N–H and O–H groups in total. The van der Waals surface area contributed by atoms with E-state index in [0.29, 0.717) is 17.3 Å². The molecule has 0 fully saturated rings. The van der Waals surface area contributed by atoms with Gasteiger partial charge in [-0.05, 0) is 36.4 Å². The Bertz CT molecular complexity index is 829. The minimum atomic E-state index is -0.872. The standard InChI is InChI=1S/C18H15F2N3O2/c1-12(24)23(17-7-4-14(19)10-16(17)20)9-8-18(25)22-15-5-2-13(11-21)3-6-15/h2-7,10H,8-9H2,1H3,(H,22,25). The molecule has 7 heteroatoms. The molecule has 128 valence electrons. The Kier molecular flexibility index (Phi) is 5.79. The molecular weight excluding hydrogens is 328 g/mol. The molecule has 0 saturated carbocycles. The van der Waals surface area contributed by atoms with Crippen LogP contribution in [0, 0.1) is 23.0 Å². The lowest BCUT2D eigenvalue weighted by molar-refractivity contribution is -0.117. The second kappa shape index (κ2) is 8.02. The quantitative estimate of drug-likeness (QED) is 0.906. The molecule has 2 amide bonds. The van der Waals surface area contributed by atoms with Crippen LogP contribution in [0.2, 0.25) is 0 Å². The third-order valence-electron chi connectivity index (χ3n) is 3.44. The molecule has 0 aliphatic heterocycles. The maximum atomic E-state index is 13.8. The van der Waals surface area contributed by atoms with Crippen molar-refractivity contribution in [2.75, 3.05) is 16.8 Å². The highest BCUT2D eigenvalue weighted by Crippen LogP contribution is 2.21. The highest BCUT2D eigenvalue weighted by molar-refractivity contribution is 5.94. The van der Waals surface area contributed by atoms with Crippen molar-refractivity contribution in [2.45, 2.75) is 13.3 Å². The van der Waals surface area contributed by atoms with Crippen molar-refractivity contribution < 1.29 is 18.4 Å². The van der Waals surface area contributed by atoms with Crippen LogP contribution in [-0.2, 0) is 9.59 Å². The molecule has 0 unspecified atom stereocenters. The monoisotopic (exact) mass is 343 g/mol. The fourth-order valence-electron chi connectivity index (χ4n) is 2.21. The van der Waals surface area contributed by atoms with Crippen LogP contribution >= 0.6 is 0 Å². The summed E-state index contributed by atoms with van der Waals surface area (Å²) in [5.41, 5.74) is 0.888. The van der Waals surface area contributed by atoms with Crippen LogP contribution < -0.4 is 10.2 Å². The average Bonchev–Trinajstić information content (AvgIpc) is 2.57. The van der Waals surface area contributed by atoms with Gasteiger partial charge in [0.25, 0.3) is 0 Å². The molecule has 0 aliphatic rings. The molecule has 0 radical (unpaired) electrons. The Morgan fingerprint density at radius 2 is 1.84 bits per heavy atom. The fraction of sp³-hybridized carbons (Fsp3) is 0.167. The van der Waals surface area contributed by atoms with Gasteiger partial charge < -0.3 is 10.2 Å². The molecule has 2 rings (SSSR count). The number of benzene rings is 2. The molecule has 0 aliphatic carbocycles. The van der Waals surface area contributed by atoms with Crippen LogP contribution in [-0.4, -0.2) is 18.4 Å². The Hall–Kier alpha value is -3.27. The Labute approximate surface area is 143 Å². The number of nitrogens with one attached hydrogen (secondary N) is 1. The van der Waals surface area contributed by atoms with Crippen LogP contribution in [0.15, 0.2) is 42.5 Å². The van der Waals surface area contributed by atoms with Gasteiger partial charge in [0.1, 0.15) is 11.6 Å². The summed E-state index contributed by atoms with van der Waals surface area (Å²) < 4.78 is 26.8. The number of carbonyl (C=O) groups excluding carboxylic acids is 2. The number of nitriles is 1. The molecular formula is C18H15F2N3O2. The molecule has 0 heterocycles. The number of anilines is 2. The summed E-state index contributed by atoms with van der Waals surface area (Å²) in [4.78, 5) is 24.8. The molecule has 2 aromatic rings. The van der Waals surface area contributed by atoms with Gasteiger partial charge in [-0.1, -0.05) is 0 Å². The number of carbonyl (C=O) groups is 2. The van der Waals surface area contributed by atoms with Gasteiger partial charge in [-0.3, -0.25) is 9.59 Å². The summed E-state index contributed by atoms with van der Waals surface area (Å²) in [6.07, 6.45) is -0.0730. The van der Waals surface area contributed by atoms with Crippen molar-refractivity contribution in [3.05, 3.63) is 59.7 Å². The summed E-state index contributed by atoms with van der Waals surface area (Å²) in [6, 6.07) is 11.1. The Morgan fingerprint density at radius 3 is 2.40 bits per heavy atom. The first kappa shape index (κ1) is 18.1. The minimum Gasteiger partial charge on any atom is -0.326 e. The van der Waals surface area contributed by atoms with E-state index in [2.05, 4.69) is 5.32 Å². The van der Waals surface area contributed by atoms with Gasteiger partial charge in [-0.15, -0.1) is 0 Å². The average molecular weight is 343 g/mol. The molecule has 5 nitrogen and oxygen atoms in total. The van der Waals surface area contributed by atoms with Crippen molar-refractivity contribution in [1.29, 1.82) is 5.26 Å². The maximum absolute atomic E-state index is 13.8. The SMILES string of the molecule is CC(=O)N(CCC(=O)Nc1ccc(C#N)cc1)c1ccc(F)cc1F. The lowest BCUT2D eigenvalue weighted by Gasteiger charge is -2.21. The van der Waals surface area contributed by atoms with Gasteiger partial charge in [-0.25, -0.2) is 8.78 Å². The van der Waals surface area contributed by atoms with E-state index in [1.54, 1.807) is 24.3 Å². The highest BCUT2D eigenvalue weighted by Gasteiger charge is 2.17. The molecule has 0 aromatic heterocycles. The lowest BCUT2D eigenvalue weighted by atomic mass is 10.2. The molecule has 0 atom stereocenters. The second-order valence-electron chi connectivity index (χ2n) is 5.25. The maximum Gasteiger partial charge on any atom is 0.226 e. The number of amides is 2. The fourth-order valence-corrected chi connectivity index (χ4v) is 2.21. The topological polar surface area (TPSA) is 73.2 Å². The van der Waals surface area contributed by atoms with Gasteiger partial charge in [-0.2, -0.15) is 5.26 Å². The van der Waals surface area contributed by atoms with Crippen molar-refractivity contribution in [1.82, 2.24) is 0 Å². The number of nitrogens with zero attached hydrogens (tertiary/aromatic N) is 2. The summed E-state index contributed by atoms with van der Waals surface area (Å²) in [6.45, 7) is 1.18. The zero-order chi connectivity index (χ0) is 18.4. The molecule has 25 heavy (non-hydrogen) atoms. The molecule has 0 saturated heterocycles. The molecule has 0 bridgehead atoms. The van der Waals surface area contributed by atoms with Crippen molar-refractivity contribution in [3.63, 3.8) is 0 Å². The number of hydrogen-bond acceptors (Lipinski definition) is 3. The van der Waals surface area contributed by atoms with Crippen molar-refractivity contribution in [3.8, 4) is 6.07 Å². The van der Waals surface area contributed by atoms with E-state index < -0.39 is 17.5 Å². The molecule has 0 spiro atoms. The van der Waals surface area contributed by atoms with Crippen LogP contribution in [0.1, 0.15) is 18.9 Å². The first-order valence-electron chi connectivity index (χ1n) is 7.44. The minimum absolute atomic E-state index is 0.0556. The summed E-state index contributed by atoms with van der Waals surface area (Å²) in [7, 11) is 0. The van der Waals surface area contributed by atoms with Gasteiger partial charge in [0, 0.05) is 31.6 Å². The largest absolute Gasteiger partial charge is 0.326 e. The lowest BCUT2D eigenvalue weighted by Crippen LogP contribution is -2.32. The third kappa shape index (κ3) is 4.85. The predicted molar refractivity (Wildman–Crippen MR) is 88.8 cm³/mol. The van der Waals surface area contributed by atoms with E-state index in [1.807, 2.05) is 6.07 Å².